The molecule has 1 aromatic rings. The lowest BCUT2D eigenvalue weighted by atomic mass is 9.73. The maximum Gasteiger partial charge on any atom is 0.255 e. The Morgan fingerprint density at radius 2 is 1.81 bits per heavy atom. The summed E-state index contributed by atoms with van der Waals surface area (Å²) in [5.41, 5.74) is 0.488. The molecule has 1 aromatic carbocycles. The quantitative estimate of drug-likeness (QED) is 0.682. The maximum absolute atomic E-state index is 12.8. The van der Waals surface area contributed by atoms with Crippen LogP contribution in [0, 0.1) is 5.41 Å². The molecule has 21 heavy (non-hydrogen) atoms. The Morgan fingerprint density at radius 1 is 1.24 bits per heavy atom. The molecule has 0 radical (unpaired) electrons. The number of carbonyl (C=O) groups excluding carboxylic acids is 1. The van der Waals surface area contributed by atoms with E-state index in [9.17, 15) is 9.90 Å². The molecule has 112 valence electrons. The van der Waals surface area contributed by atoms with Gasteiger partial charge in [-0.1, -0.05) is 44.2 Å². The van der Waals surface area contributed by atoms with Gasteiger partial charge < -0.3 is 14.6 Å². The Kier molecular flexibility index (Phi) is 3.78. The molecule has 0 spiro atoms. The van der Waals surface area contributed by atoms with E-state index in [4.69, 9.17) is 9.47 Å². The first-order chi connectivity index (χ1) is 9.85. The Balaban J connectivity index is 2.85. The topological polar surface area (TPSA) is 55.8 Å². The van der Waals surface area contributed by atoms with Crippen molar-refractivity contribution in [1.82, 2.24) is 0 Å². The first kappa shape index (κ1) is 15.5. The third-order valence-electron chi connectivity index (χ3n) is 4.03. The summed E-state index contributed by atoms with van der Waals surface area (Å²) >= 11 is 0. The average Bonchev–Trinajstić information content (AvgIpc) is 2.49. The molecule has 0 aromatic heterocycles. The summed E-state index contributed by atoms with van der Waals surface area (Å²) in [5, 5.41) is 10.7. The second kappa shape index (κ2) is 5.13. The van der Waals surface area contributed by atoms with Crippen LogP contribution >= 0.6 is 0 Å². The highest BCUT2D eigenvalue weighted by Crippen LogP contribution is 2.46. The lowest BCUT2D eigenvalue weighted by Gasteiger charge is -2.39. The molecule has 4 heteroatoms. The van der Waals surface area contributed by atoms with Crippen molar-refractivity contribution in [1.29, 1.82) is 0 Å². The van der Waals surface area contributed by atoms with Crippen LogP contribution in [0.25, 0.3) is 0 Å². The molecule has 0 fully saturated rings. The molecule has 1 aliphatic carbocycles. The average molecular weight is 288 g/mol. The Morgan fingerprint density at radius 3 is 2.33 bits per heavy atom. The number of ketones is 1. The largest absolute Gasteiger partial charge is 0.506 e. The zero-order valence-electron chi connectivity index (χ0n) is 12.8. The summed E-state index contributed by atoms with van der Waals surface area (Å²) in [4.78, 5) is 12.8. The normalized spacial score (nSPS) is 17.6. The third kappa shape index (κ3) is 2.03. The molecule has 0 bridgehead atoms. The minimum Gasteiger partial charge on any atom is -0.506 e. The minimum absolute atomic E-state index is 0.221. The second-order valence-corrected chi connectivity index (χ2v) is 5.55. The number of benzene rings is 1. The van der Waals surface area contributed by atoms with E-state index in [0.717, 1.165) is 0 Å². The molecule has 0 heterocycles. The second-order valence-electron chi connectivity index (χ2n) is 5.55. The van der Waals surface area contributed by atoms with Crippen LogP contribution in [0.4, 0.5) is 0 Å². The highest BCUT2D eigenvalue weighted by Gasteiger charge is 2.49. The van der Waals surface area contributed by atoms with Gasteiger partial charge in [-0.25, -0.2) is 0 Å². The molecule has 1 aliphatic rings. The Hall–Kier alpha value is -1.91. The van der Waals surface area contributed by atoms with Crippen molar-refractivity contribution in [3.63, 3.8) is 0 Å². The first-order valence-electron chi connectivity index (χ1n) is 6.68. The van der Waals surface area contributed by atoms with E-state index in [1.807, 2.05) is 13.8 Å². The zero-order valence-corrected chi connectivity index (χ0v) is 12.8. The van der Waals surface area contributed by atoms with Gasteiger partial charge in [0.1, 0.15) is 0 Å². The number of allylic oxidation sites excluding steroid dienone is 2. The van der Waals surface area contributed by atoms with Crippen LogP contribution in [-0.4, -0.2) is 25.1 Å². The number of aliphatic hydroxyl groups is 1. The molecular weight excluding hydrogens is 268 g/mol. The van der Waals surface area contributed by atoms with Crippen molar-refractivity contribution in [3.05, 3.63) is 59.4 Å². The van der Waals surface area contributed by atoms with Crippen molar-refractivity contribution in [3.8, 4) is 0 Å². The van der Waals surface area contributed by atoms with E-state index in [2.05, 4.69) is 6.58 Å². The smallest absolute Gasteiger partial charge is 0.255 e. The lowest BCUT2D eigenvalue weighted by Crippen LogP contribution is -2.42. The maximum atomic E-state index is 12.8. The predicted octanol–water partition coefficient (Wildman–Crippen LogP) is 3.35. The van der Waals surface area contributed by atoms with Crippen molar-refractivity contribution in [2.75, 3.05) is 14.2 Å². The van der Waals surface area contributed by atoms with Crippen molar-refractivity contribution in [2.45, 2.75) is 19.6 Å². The molecule has 2 rings (SSSR count). The van der Waals surface area contributed by atoms with Crippen LogP contribution in [0.3, 0.4) is 0 Å². The van der Waals surface area contributed by atoms with Gasteiger partial charge >= 0.3 is 0 Å². The molecule has 0 saturated carbocycles. The number of ether oxygens (including phenoxy) is 2. The molecule has 4 nitrogen and oxygen atoms in total. The van der Waals surface area contributed by atoms with Gasteiger partial charge in [0.15, 0.2) is 11.5 Å². The van der Waals surface area contributed by atoms with E-state index >= 15 is 0 Å². The standard InChI is InChI=1S/C17H20O4/c1-6-16(2,3)13-14(18)11-9-7-8-10-12(11)17(20-4,21-5)15(13)19/h6-10,19H,1H2,2-5H3. The molecule has 0 atom stereocenters. The highest BCUT2D eigenvalue weighted by atomic mass is 16.7. The number of carbonyl (C=O) groups is 1. The number of methoxy groups -OCH3 is 2. The third-order valence-corrected chi connectivity index (χ3v) is 4.03. The molecule has 1 N–H and O–H groups in total. The SMILES string of the molecule is C=CC(C)(C)C1=C(O)C(OC)(OC)c2ccccc2C1=O. The van der Waals surface area contributed by atoms with Gasteiger partial charge in [0.25, 0.3) is 5.79 Å². The van der Waals surface area contributed by atoms with Gasteiger partial charge in [-0.3, -0.25) is 4.79 Å². The highest BCUT2D eigenvalue weighted by molar-refractivity contribution is 6.12. The summed E-state index contributed by atoms with van der Waals surface area (Å²) < 4.78 is 10.9. The molecule has 0 unspecified atom stereocenters. The number of Topliss-reactive ketones (excluding diaryl/α,β-unsaturated/α-hetero) is 1. The minimum atomic E-state index is -1.47. The number of fused-ring (bicyclic) bond motifs is 1. The molecular formula is C17H20O4. The van der Waals surface area contributed by atoms with Crippen LogP contribution < -0.4 is 0 Å². The van der Waals surface area contributed by atoms with E-state index in [1.165, 1.54) is 14.2 Å². The summed E-state index contributed by atoms with van der Waals surface area (Å²) in [6.07, 6.45) is 1.63. The Labute approximate surface area is 124 Å². The zero-order chi connectivity index (χ0) is 15.8. The van der Waals surface area contributed by atoms with E-state index in [-0.39, 0.29) is 17.1 Å². The fourth-order valence-corrected chi connectivity index (χ4v) is 2.70. The summed E-state index contributed by atoms with van der Waals surface area (Å²) in [5.74, 6) is -1.93. The first-order valence-corrected chi connectivity index (χ1v) is 6.68. The summed E-state index contributed by atoms with van der Waals surface area (Å²) in [6.45, 7) is 7.38. The number of hydrogen-bond donors (Lipinski definition) is 1. The van der Waals surface area contributed by atoms with E-state index < -0.39 is 11.2 Å². The van der Waals surface area contributed by atoms with Gasteiger partial charge in [0.05, 0.1) is 5.57 Å². The molecule has 0 saturated heterocycles. The van der Waals surface area contributed by atoms with Crippen LogP contribution in [0.5, 0.6) is 0 Å². The van der Waals surface area contributed by atoms with Gasteiger partial charge in [-0.15, -0.1) is 6.58 Å². The van der Waals surface area contributed by atoms with E-state index in [0.29, 0.717) is 11.1 Å². The van der Waals surface area contributed by atoms with Crippen molar-refractivity contribution >= 4 is 5.78 Å². The lowest BCUT2D eigenvalue weighted by molar-refractivity contribution is -0.208. The summed E-state index contributed by atoms with van der Waals surface area (Å²) in [7, 11) is 2.87. The van der Waals surface area contributed by atoms with Crippen molar-refractivity contribution < 1.29 is 19.4 Å². The van der Waals surface area contributed by atoms with Gasteiger partial charge in [0, 0.05) is 30.8 Å². The van der Waals surface area contributed by atoms with Crippen LogP contribution in [0.1, 0.15) is 29.8 Å². The summed E-state index contributed by atoms with van der Waals surface area (Å²) in [6, 6.07) is 6.97. The fourth-order valence-electron chi connectivity index (χ4n) is 2.70. The predicted molar refractivity (Wildman–Crippen MR) is 80.1 cm³/mol. The van der Waals surface area contributed by atoms with Gasteiger partial charge in [-0.05, 0) is 0 Å². The van der Waals surface area contributed by atoms with Gasteiger partial charge in [0.2, 0.25) is 0 Å². The molecule has 0 aliphatic heterocycles. The number of aliphatic hydroxyl groups excluding tert-OH is 1. The van der Waals surface area contributed by atoms with Crippen LogP contribution in [-0.2, 0) is 15.3 Å². The van der Waals surface area contributed by atoms with Crippen LogP contribution in [0.2, 0.25) is 0 Å². The monoisotopic (exact) mass is 288 g/mol. The number of hydrogen-bond acceptors (Lipinski definition) is 4. The Bertz CT molecular complexity index is 621. The van der Waals surface area contributed by atoms with E-state index in [1.54, 1.807) is 30.3 Å². The molecule has 0 amide bonds. The van der Waals surface area contributed by atoms with Gasteiger partial charge in [-0.2, -0.15) is 0 Å². The fraction of sp³-hybridized carbons (Fsp3) is 0.353. The van der Waals surface area contributed by atoms with Crippen LogP contribution in [0.15, 0.2) is 48.3 Å². The van der Waals surface area contributed by atoms with Crippen molar-refractivity contribution in [2.24, 2.45) is 5.41 Å². The number of rotatable bonds is 4.